The van der Waals surface area contributed by atoms with E-state index in [2.05, 4.69) is 17.3 Å². The number of benzene rings is 1. The van der Waals surface area contributed by atoms with Crippen molar-refractivity contribution in [3.63, 3.8) is 0 Å². The van der Waals surface area contributed by atoms with E-state index < -0.39 is 0 Å². The standard InChI is InChI=1S/C12H17FN2/c1-15(11-8-14-9-11)7-6-10-4-2-3-5-12(10)13/h2-5,11,14H,6-9H2,1H3. The molecule has 15 heavy (non-hydrogen) atoms. The van der Waals surface area contributed by atoms with Gasteiger partial charge in [-0.3, -0.25) is 0 Å². The van der Waals surface area contributed by atoms with Crippen LogP contribution in [0.1, 0.15) is 5.56 Å². The molecule has 1 fully saturated rings. The molecule has 0 atom stereocenters. The quantitative estimate of drug-likeness (QED) is 0.801. The van der Waals surface area contributed by atoms with Gasteiger partial charge in [0.15, 0.2) is 0 Å². The van der Waals surface area contributed by atoms with Gasteiger partial charge in [0.1, 0.15) is 5.82 Å². The third-order valence-electron chi connectivity index (χ3n) is 3.07. The molecule has 82 valence electrons. The first kappa shape index (κ1) is 10.6. The Kier molecular flexibility index (Phi) is 3.34. The van der Waals surface area contributed by atoms with Crippen LogP contribution in [0.5, 0.6) is 0 Å². The SMILES string of the molecule is CN(CCc1ccccc1F)C1CNC1. The third kappa shape index (κ3) is 2.55. The van der Waals surface area contributed by atoms with Gasteiger partial charge in [0.2, 0.25) is 0 Å². The predicted octanol–water partition coefficient (Wildman–Crippen LogP) is 1.27. The fraction of sp³-hybridized carbons (Fsp3) is 0.500. The number of hydrogen-bond donors (Lipinski definition) is 1. The van der Waals surface area contributed by atoms with Crippen molar-refractivity contribution in [3.05, 3.63) is 35.6 Å². The average molecular weight is 208 g/mol. The fourth-order valence-electron chi connectivity index (χ4n) is 1.77. The summed E-state index contributed by atoms with van der Waals surface area (Å²) in [5.74, 6) is -0.0855. The summed E-state index contributed by atoms with van der Waals surface area (Å²) in [6.07, 6.45) is 0.791. The fourth-order valence-corrected chi connectivity index (χ4v) is 1.77. The van der Waals surface area contributed by atoms with Crippen molar-refractivity contribution < 1.29 is 4.39 Å². The summed E-state index contributed by atoms with van der Waals surface area (Å²) < 4.78 is 13.3. The zero-order valence-corrected chi connectivity index (χ0v) is 9.04. The maximum Gasteiger partial charge on any atom is 0.126 e. The predicted molar refractivity (Wildman–Crippen MR) is 59.4 cm³/mol. The molecule has 0 saturated carbocycles. The minimum absolute atomic E-state index is 0.0855. The van der Waals surface area contributed by atoms with Crippen molar-refractivity contribution in [2.24, 2.45) is 0 Å². The van der Waals surface area contributed by atoms with Crippen LogP contribution in [0.15, 0.2) is 24.3 Å². The van der Waals surface area contributed by atoms with Crippen molar-refractivity contribution in [1.29, 1.82) is 0 Å². The van der Waals surface area contributed by atoms with Crippen LogP contribution in [0.25, 0.3) is 0 Å². The van der Waals surface area contributed by atoms with E-state index in [-0.39, 0.29) is 5.82 Å². The van der Waals surface area contributed by atoms with Crippen molar-refractivity contribution in [2.75, 3.05) is 26.7 Å². The zero-order valence-electron chi connectivity index (χ0n) is 9.04. The van der Waals surface area contributed by atoms with Crippen LogP contribution >= 0.6 is 0 Å². The van der Waals surface area contributed by atoms with E-state index in [0.717, 1.165) is 31.6 Å². The highest BCUT2D eigenvalue weighted by Gasteiger charge is 2.20. The number of hydrogen-bond acceptors (Lipinski definition) is 2. The summed E-state index contributed by atoms with van der Waals surface area (Å²) >= 11 is 0. The summed E-state index contributed by atoms with van der Waals surface area (Å²) in [6, 6.07) is 7.65. The largest absolute Gasteiger partial charge is 0.314 e. The molecule has 2 rings (SSSR count). The number of likely N-dealkylation sites (N-methyl/N-ethyl adjacent to an activating group) is 1. The van der Waals surface area contributed by atoms with Gasteiger partial charge in [0, 0.05) is 25.7 Å². The lowest BCUT2D eigenvalue weighted by Gasteiger charge is -2.35. The molecule has 3 heteroatoms. The maximum atomic E-state index is 13.3. The number of nitrogens with zero attached hydrogens (tertiary/aromatic N) is 1. The summed E-state index contributed by atoms with van der Waals surface area (Å²) in [7, 11) is 2.10. The number of halogens is 1. The minimum Gasteiger partial charge on any atom is -0.314 e. The molecule has 0 spiro atoms. The lowest BCUT2D eigenvalue weighted by Crippen LogP contribution is -2.56. The monoisotopic (exact) mass is 208 g/mol. The zero-order chi connectivity index (χ0) is 10.7. The molecule has 0 bridgehead atoms. The highest BCUT2D eigenvalue weighted by atomic mass is 19.1. The molecular formula is C12H17FN2. The molecule has 1 aromatic carbocycles. The van der Waals surface area contributed by atoms with Gasteiger partial charge in [-0.2, -0.15) is 0 Å². The van der Waals surface area contributed by atoms with Crippen LogP contribution in [0.4, 0.5) is 4.39 Å². The molecule has 1 aromatic rings. The van der Waals surface area contributed by atoms with Gasteiger partial charge >= 0.3 is 0 Å². The second-order valence-corrected chi connectivity index (χ2v) is 4.13. The molecule has 1 heterocycles. The average Bonchev–Trinajstić information content (AvgIpc) is 2.14. The summed E-state index contributed by atoms with van der Waals surface area (Å²) in [4.78, 5) is 2.29. The van der Waals surface area contributed by atoms with Crippen molar-refractivity contribution in [2.45, 2.75) is 12.5 Å². The van der Waals surface area contributed by atoms with E-state index in [4.69, 9.17) is 0 Å². The molecule has 0 unspecified atom stereocenters. The van der Waals surface area contributed by atoms with Gasteiger partial charge in [0.25, 0.3) is 0 Å². The normalized spacial score (nSPS) is 16.7. The van der Waals surface area contributed by atoms with Crippen molar-refractivity contribution in [3.8, 4) is 0 Å². The van der Waals surface area contributed by atoms with E-state index in [1.807, 2.05) is 12.1 Å². The Morgan fingerprint density at radius 3 is 2.73 bits per heavy atom. The smallest absolute Gasteiger partial charge is 0.126 e. The first-order valence-electron chi connectivity index (χ1n) is 5.42. The lowest BCUT2D eigenvalue weighted by molar-refractivity contribution is 0.182. The topological polar surface area (TPSA) is 15.3 Å². The van der Waals surface area contributed by atoms with Crippen molar-refractivity contribution in [1.82, 2.24) is 10.2 Å². The van der Waals surface area contributed by atoms with Gasteiger partial charge in [0.05, 0.1) is 0 Å². The highest BCUT2D eigenvalue weighted by molar-refractivity contribution is 5.17. The Morgan fingerprint density at radius 1 is 1.40 bits per heavy atom. The Balaban J connectivity index is 1.84. The molecule has 1 aliphatic heterocycles. The van der Waals surface area contributed by atoms with E-state index in [0.29, 0.717) is 6.04 Å². The molecule has 0 amide bonds. The maximum absolute atomic E-state index is 13.3. The Bertz CT molecular complexity index is 323. The van der Waals surface area contributed by atoms with Gasteiger partial charge in [-0.05, 0) is 25.1 Å². The van der Waals surface area contributed by atoms with E-state index >= 15 is 0 Å². The first-order valence-corrected chi connectivity index (χ1v) is 5.42. The van der Waals surface area contributed by atoms with E-state index in [1.54, 1.807) is 6.07 Å². The molecule has 1 aliphatic rings. The molecule has 1 saturated heterocycles. The second-order valence-electron chi connectivity index (χ2n) is 4.13. The van der Waals surface area contributed by atoms with E-state index in [9.17, 15) is 4.39 Å². The minimum atomic E-state index is -0.0855. The molecule has 2 nitrogen and oxygen atoms in total. The van der Waals surface area contributed by atoms with Crippen LogP contribution < -0.4 is 5.32 Å². The van der Waals surface area contributed by atoms with Crippen LogP contribution in [0.3, 0.4) is 0 Å². The van der Waals surface area contributed by atoms with Crippen LogP contribution in [0.2, 0.25) is 0 Å². The Labute approximate surface area is 90.1 Å². The molecule has 0 aliphatic carbocycles. The number of rotatable bonds is 4. The van der Waals surface area contributed by atoms with Gasteiger partial charge < -0.3 is 10.2 Å². The molecular weight excluding hydrogens is 191 g/mol. The van der Waals surface area contributed by atoms with Crippen LogP contribution in [-0.2, 0) is 6.42 Å². The summed E-state index contributed by atoms with van der Waals surface area (Å²) in [6.45, 7) is 3.05. The number of nitrogens with one attached hydrogen (secondary N) is 1. The van der Waals surface area contributed by atoms with Crippen LogP contribution in [0, 0.1) is 5.82 Å². The molecule has 0 aromatic heterocycles. The lowest BCUT2D eigenvalue weighted by atomic mass is 10.1. The van der Waals surface area contributed by atoms with Gasteiger partial charge in [-0.25, -0.2) is 4.39 Å². The summed E-state index contributed by atoms with van der Waals surface area (Å²) in [5, 5.41) is 3.24. The first-order chi connectivity index (χ1) is 7.27. The van der Waals surface area contributed by atoms with Gasteiger partial charge in [-0.1, -0.05) is 18.2 Å². The Hall–Kier alpha value is -0.930. The van der Waals surface area contributed by atoms with Crippen molar-refractivity contribution >= 4 is 0 Å². The van der Waals surface area contributed by atoms with E-state index in [1.165, 1.54) is 6.07 Å². The summed E-state index contributed by atoms with van der Waals surface area (Å²) in [5.41, 5.74) is 0.816. The van der Waals surface area contributed by atoms with Crippen LogP contribution in [-0.4, -0.2) is 37.6 Å². The van der Waals surface area contributed by atoms with Gasteiger partial charge in [-0.15, -0.1) is 0 Å². The Morgan fingerprint density at radius 2 is 2.13 bits per heavy atom. The third-order valence-corrected chi connectivity index (χ3v) is 3.07. The highest BCUT2D eigenvalue weighted by Crippen LogP contribution is 2.09. The molecule has 1 N–H and O–H groups in total. The second kappa shape index (κ2) is 4.73. The molecule has 0 radical (unpaired) electrons.